The predicted octanol–water partition coefficient (Wildman–Crippen LogP) is 6.06. The Bertz CT molecular complexity index is 1670. The number of pyridine rings is 1. The second-order valence-corrected chi connectivity index (χ2v) is 8.54. The van der Waals surface area contributed by atoms with E-state index < -0.39 is 5.82 Å². The van der Waals surface area contributed by atoms with E-state index in [-0.39, 0.29) is 11.1 Å². The van der Waals surface area contributed by atoms with Crippen LogP contribution in [-0.4, -0.2) is 24.9 Å². The summed E-state index contributed by atoms with van der Waals surface area (Å²) < 4.78 is 15.1. The molecule has 5 rings (SSSR count). The molecular formula is C28H21FN6. The molecule has 0 saturated carbocycles. The minimum atomic E-state index is -0.549. The van der Waals surface area contributed by atoms with Crippen LogP contribution in [0, 0.1) is 44.8 Å². The molecule has 0 N–H and O–H groups in total. The molecule has 3 aromatic heterocycles. The third-order valence-corrected chi connectivity index (χ3v) is 5.86. The molecule has 3 heterocycles. The van der Waals surface area contributed by atoms with Gasteiger partial charge in [0, 0.05) is 23.0 Å². The summed E-state index contributed by atoms with van der Waals surface area (Å²) in [7, 11) is 0. The molecule has 7 heteroatoms. The van der Waals surface area contributed by atoms with Gasteiger partial charge in [0.2, 0.25) is 0 Å². The van der Waals surface area contributed by atoms with Gasteiger partial charge in [0.15, 0.2) is 11.5 Å². The molecule has 0 aliphatic carbocycles. The molecule has 0 aliphatic rings. The van der Waals surface area contributed by atoms with Crippen molar-refractivity contribution in [2.45, 2.75) is 27.7 Å². The van der Waals surface area contributed by atoms with Crippen molar-refractivity contribution in [1.29, 1.82) is 5.26 Å². The molecule has 0 fully saturated rings. The van der Waals surface area contributed by atoms with E-state index in [0.717, 1.165) is 39.3 Å². The van der Waals surface area contributed by atoms with Gasteiger partial charge in [-0.05, 0) is 86.8 Å². The first-order chi connectivity index (χ1) is 16.8. The number of aromatic nitrogens is 5. The zero-order valence-corrected chi connectivity index (χ0v) is 19.8. The van der Waals surface area contributed by atoms with Crippen molar-refractivity contribution in [1.82, 2.24) is 24.9 Å². The zero-order valence-electron chi connectivity index (χ0n) is 19.8. The Balaban J connectivity index is 1.77. The van der Waals surface area contributed by atoms with Crippen molar-refractivity contribution in [2.75, 3.05) is 0 Å². The smallest absolute Gasteiger partial charge is 0.182 e. The second-order valence-electron chi connectivity index (χ2n) is 8.54. The summed E-state index contributed by atoms with van der Waals surface area (Å²) in [5, 5.41) is 9.15. The number of halogens is 1. The highest BCUT2D eigenvalue weighted by Gasteiger charge is 2.18. The molecule has 0 spiro atoms. The molecular weight excluding hydrogens is 439 g/mol. The van der Waals surface area contributed by atoms with Crippen molar-refractivity contribution in [3.8, 4) is 39.8 Å². The molecule has 170 valence electrons. The fraction of sp³-hybridized carbons (Fsp3) is 0.143. The minimum Gasteiger partial charge on any atom is -0.262 e. The predicted molar refractivity (Wildman–Crippen MR) is 133 cm³/mol. The molecule has 0 aliphatic heterocycles. The molecule has 0 bridgehead atoms. The van der Waals surface area contributed by atoms with Crippen LogP contribution in [-0.2, 0) is 0 Å². The average Bonchev–Trinajstić information content (AvgIpc) is 2.84. The molecule has 2 aromatic carbocycles. The van der Waals surface area contributed by atoms with Crippen LogP contribution in [0.2, 0.25) is 0 Å². The SMILES string of the molecule is Cc1cc(-c2ccnc(C)c2)cc(-c2nc(-c3ccc(C#N)cc3F)c3nc(C)c(C)nc3n2)c1. The number of fused-ring (bicyclic) bond motifs is 1. The van der Waals surface area contributed by atoms with Gasteiger partial charge in [-0.3, -0.25) is 4.98 Å². The fourth-order valence-corrected chi connectivity index (χ4v) is 4.01. The topological polar surface area (TPSA) is 88.2 Å². The van der Waals surface area contributed by atoms with E-state index in [1.165, 1.54) is 6.07 Å². The Morgan fingerprint density at radius 3 is 2.29 bits per heavy atom. The van der Waals surface area contributed by atoms with Gasteiger partial charge in [0.25, 0.3) is 0 Å². The molecule has 6 nitrogen and oxygen atoms in total. The van der Waals surface area contributed by atoms with E-state index >= 15 is 4.39 Å². The van der Waals surface area contributed by atoms with E-state index in [2.05, 4.69) is 21.0 Å². The van der Waals surface area contributed by atoms with E-state index in [4.69, 9.17) is 15.2 Å². The van der Waals surface area contributed by atoms with Gasteiger partial charge < -0.3 is 0 Å². The number of hydrogen-bond donors (Lipinski definition) is 0. The number of benzene rings is 2. The van der Waals surface area contributed by atoms with Crippen LogP contribution in [0.4, 0.5) is 4.39 Å². The maximum Gasteiger partial charge on any atom is 0.182 e. The van der Waals surface area contributed by atoms with Crippen LogP contribution in [0.5, 0.6) is 0 Å². The summed E-state index contributed by atoms with van der Waals surface area (Å²) >= 11 is 0. The molecule has 0 radical (unpaired) electrons. The summed E-state index contributed by atoms with van der Waals surface area (Å²) in [6.07, 6.45) is 1.78. The third-order valence-electron chi connectivity index (χ3n) is 5.86. The van der Waals surface area contributed by atoms with Crippen molar-refractivity contribution in [3.05, 3.63) is 88.8 Å². The maximum atomic E-state index is 15.1. The number of nitrogens with zero attached hydrogens (tertiary/aromatic N) is 6. The Labute approximate surface area is 202 Å². The molecule has 0 unspecified atom stereocenters. The van der Waals surface area contributed by atoms with Gasteiger partial charge in [-0.25, -0.2) is 24.3 Å². The number of hydrogen-bond acceptors (Lipinski definition) is 6. The first-order valence-corrected chi connectivity index (χ1v) is 11.1. The quantitative estimate of drug-likeness (QED) is 0.325. The minimum absolute atomic E-state index is 0.235. The molecule has 35 heavy (non-hydrogen) atoms. The van der Waals surface area contributed by atoms with E-state index in [0.29, 0.717) is 22.7 Å². The zero-order chi connectivity index (χ0) is 24.7. The van der Waals surface area contributed by atoms with Crippen LogP contribution >= 0.6 is 0 Å². The maximum absolute atomic E-state index is 15.1. The summed E-state index contributed by atoms with van der Waals surface area (Å²) in [6, 6.07) is 16.4. The molecule has 0 saturated heterocycles. The third kappa shape index (κ3) is 4.22. The number of rotatable bonds is 3. The van der Waals surface area contributed by atoms with Gasteiger partial charge >= 0.3 is 0 Å². The average molecular weight is 461 g/mol. The standard InChI is InChI=1S/C28H21FN6/c1-15-9-21(20-7-8-31-16(2)11-20)13-22(10-15)27-34-25(23-6-5-19(14-30)12-24(23)29)26-28(35-27)33-18(4)17(3)32-26/h5-13H,1-4H3. The van der Waals surface area contributed by atoms with Crippen LogP contribution < -0.4 is 0 Å². The molecule has 5 aromatic rings. The number of nitriles is 1. The lowest BCUT2D eigenvalue weighted by molar-refractivity contribution is 0.630. The number of aryl methyl sites for hydroxylation is 4. The van der Waals surface area contributed by atoms with Crippen molar-refractivity contribution < 1.29 is 4.39 Å². The van der Waals surface area contributed by atoms with Crippen LogP contribution in [0.1, 0.15) is 28.2 Å². The Morgan fingerprint density at radius 1 is 0.771 bits per heavy atom. The lowest BCUT2D eigenvalue weighted by Crippen LogP contribution is -2.03. The molecule has 0 amide bonds. The fourth-order valence-electron chi connectivity index (χ4n) is 4.01. The summed E-state index contributed by atoms with van der Waals surface area (Å²) in [5.74, 6) is -0.128. The van der Waals surface area contributed by atoms with Gasteiger partial charge in [0.1, 0.15) is 17.0 Å². The van der Waals surface area contributed by atoms with Gasteiger partial charge in [-0.15, -0.1) is 0 Å². The van der Waals surface area contributed by atoms with Crippen LogP contribution in [0.25, 0.3) is 44.9 Å². The summed E-state index contributed by atoms with van der Waals surface area (Å²) in [6.45, 7) is 7.67. The summed E-state index contributed by atoms with van der Waals surface area (Å²) in [5.41, 5.74) is 7.86. The van der Waals surface area contributed by atoms with E-state index in [9.17, 15) is 0 Å². The highest BCUT2D eigenvalue weighted by Crippen LogP contribution is 2.32. The first-order valence-electron chi connectivity index (χ1n) is 11.1. The Hall–Kier alpha value is -4.57. The van der Waals surface area contributed by atoms with Gasteiger partial charge in [0.05, 0.1) is 23.0 Å². The van der Waals surface area contributed by atoms with Gasteiger partial charge in [-0.2, -0.15) is 5.26 Å². The Kier molecular flexibility index (Phi) is 5.50. The second kappa shape index (κ2) is 8.65. The first kappa shape index (κ1) is 22.2. The highest BCUT2D eigenvalue weighted by atomic mass is 19.1. The van der Waals surface area contributed by atoms with Crippen LogP contribution in [0.15, 0.2) is 54.7 Å². The lowest BCUT2D eigenvalue weighted by atomic mass is 10.00. The lowest BCUT2D eigenvalue weighted by Gasteiger charge is -2.12. The van der Waals surface area contributed by atoms with Crippen molar-refractivity contribution in [2.24, 2.45) is 0 Å². The van der Waals surface area contributed by atoms with Gasteiger partial charge in [-0.1, -0.05) is 6.07 Å². The Morgan fingerprint density at radius 2 is 1.54 bits per heavy atom. The monoisotopic (exact) mass is 460 g/mol. The highest BCUT2D eigenvalue weighted by molar-refractivity contribution is 5.89. The normalized spacial score (nSPS) is 11.0. The van der Waals surface area contributed by atoms with Crippen LogP contribution in [0.3, 0.4) is 0 Å². The van der Waals surface area contributed by atoms with Crippen molar-refractivity contribution in [3.63, 3.8) is 0 Å². The van der Waals surface area contributed by atoms with E-state index in [1.807, 2.05) is 58.0 Å². The molecule has 0 atom stereocenters. The van der Waals surface area contributed by atoms with Crippen molar-refractivity contribution >= 4 is 11.2 Å². The summed E-state index contributed by atoms with van der Waals surface area (Å²) in [4.78, 5) is 23.0. The van der Waals surface area contributed by atoms with E-state index in [1.54, 1.807) is 18.3 Å². The largest absolute Gasteiger partial charge is 0.262 e.